The summed E-state index contributed by atoms with van der Waals surface area (Å²) in [6, 6.07) is -0.160. The zero-order chi connectivity index (χ0) is 23.0. The van der Waals surface area contributed by atoms with Gasteiger partial charge >= 0.3 is 0 Å². The summed E-state index contributed by atoms with van der Waals surface area (Å²) in [6.45, 7) is 17.2. The molecule has 3 rings (SSSR count). The van der Waals surface area contributed by atoms with E-state index in [-0.39, 0.29) is 24.4 Å². The van der Waals surface area contributed by atoms with Gasteiger partial charge in [-0.25, -0.2) is 0 Å². The Balaban J connectivity index is 0.000000785. The van der Waals surface area contributed by atoms with Crippen LogP contribution in [0, 0.1) is 17.8 Å². The number of rotatable bonds is 5. The molecule has 3 heterocycles. The Morgan fingerprint density at radius 3 is 2.19 bits per heavy atom. The van der Waals surface area contributed by atoms with Gasteiger partial charge in [0, 0.05) is 44.9 Å². The molecule has 1 atom stereocenters. The highest BCUT2D eigenvalue weighted by Gasteiger charge is 2.41. The van der Waals surface area contributed by atoms with Gasteiger partial charge in [0.1, 0.15) is 0 Å². The number of hydrogen-bond acceptors (Lipinski definition) is 5. The van der Waals surface area contributed by atoms with Crippen LogP contribution in [0.25, 0.3) is 0 Å². The molecular weight excluding hydrogens is 394 g/mol. The maximum Gasteiger partial charge on any atom is 0.242 e. The standard InChI is InChI=1S/C20H35N3O4.C4H10/c1-4-16-13-26-20(27-14-16)5-8-22(9-6-20)18(24)12-23-10-7-21-17(19(23)25)11-15(2)3;1-4(2)3/h15-17,21H,4-14H2,1-3H3;4H,1-3H3/t17-;/m0./s1. The summed E-state index contributed by atoms with van der Waals surface area (Å²) in [6.07, 6.45) is 3.29. The molecule has 1 spiro atoms. The molecule has 0 aromatic rings. The summed E-state index contributed by atoms with van der Waals surface area (Å²) in [5.74, 6) is 1.35. The second kappa shape index (κ2) is 12.2. The largest absolute Gasteiger partial charge is 0.349 e. The minimum Gasteiger partial charge on any atom is -0.349 e. The minimum absolute atomic E-state index is 0.0330. The average Bonchev–Trinajstić information content (AvgIpc) is 2.71. The third-order valence-electron chi connectivity index (χ3n) is 6.03. The Hall–Kier alpha value is -1.18. The quantitative estimate of drug-likeness (QED) is 0.713. The Morgan fingerprint density at radius 2 is 1.68 bits per heavy atom. The van der Waals surface area contributed by atoms with Crippen LogP contribution in [-0.4, -0.2) is 79.4 Å². The lowest BCUT2D eigenvalue weighted by Gasteiger charge is -2.45. The van der Waals surface area contributed by atoms with Crippen LogP contribution in [-0.2, 0) is 19.1 Å². The molecular formula is C24H45N3O4. The smallest absolute Gasteiger partial charge is 0.242 e. The average molecular weight is 440 g/mol. The molecule has 0 bridgehead atoms. The number of amides is 2. The summed E-state index contributed by atoms with van der Waals surface area (Å²) in [4.78, 5) is 28.9. The molecule has 180 valence electrons. The van der Waals surface area contributed by atoms with Crippen molar-refractivity contribution in [2.75, 3.05) is 45.9 Å². The maximum atomic E-state index is 12.7. The molecule has 0 aromatic heterocycles. The van der Waals surface area contributed by atoms with Crippen LogP contribution >= 0.6 is 0 Å². The van der Waals surface area contributed by atoms with Crippen LogP contribution in [0.1, 0.15) is 67.2 Å². The molecule has 3 aliphatic rings. The highest BCUT2D eigenvalue weighted by atomic mass is 16.7. The first-order valence-corrected chi connectivity index (χ1v) is 12.2. The van der Waals surface area contributed by atoms with Gasteiger partial charge in [0.2, 0.25) is 11.8 Å². The van der Waals surface area contributed by atoms with Gasteiger partial charge in [0.25, 0.3) is 0 Å². The lowest BCUT2D eigenvalue weighted by Crippen LogP contribution is -2.58. The van der Waals surface area contributed by atoms with Gasteiger partial charge in [-0.2, -0.15) is 0 Å². The second-order valence-electron chi connectivity index (χ2n) is 10.3. The van der Waals surface area contributed by atoms with Crippen LogP contribution in [0.5, 0.6) is 0 Å². The topological polar surface area (TPSA) is 71.1 Å². The molecule has 0 aliphatic carbocycles. The Bertz CT molecular complexity index is 560. The Labute approximate surface area is 189 Å². The summed E-state index contributed by atoms with van der Waals surface area (Å²) >= 11 is 0. The van der Waals surface area contributed by atoms with E-state index in [1.54, 1.807) is 4.90 Å². The van der Waals surface area contributed by atoms with Crippen molar-refractivity contribution in [2.24, 2.45) is 17.8 Å². The molecule has 7 nitrogen and oxygen atoms in total. The van der Waals surface area contributed by atoms with Crippen LogP contribution in [0.4, 0.5) is 0 Å². The van der Waals surface area contributed by atoms with Gasteiger partial charge in [-0.1, -0.05) is 41.5 Å². The van der Waals surface area contributed by atoms with Gasteiger partial charge in [0.15, 0.2) is 5.79 Å². The summed E-state index contributed by atoms with van der Waals surface area (Å²) in [5.41, 5.74) is 0. The van der Waals surface area contributed by atoms with Crippen molar-refractivity contribution in [3.63, 3.8) is 0 Å². The lowest BCUT2D eigenvalue weighted by atomic mass is 9.99. The SMILES string of the molecule is CC(C)C.CCC1COC2(CCN(C(=O)CN3CCN[C@@H](CC(C)C)C3=O)CC2)OC1. The van der Waals surface area contributed by atoms with E-state index in [0.717, 1.165) is 38.5 Å². The first kappa shape index (κ1) is 26.1. The van der Waals surface area contributed by atoms with Gasteiger partial charge in [-0.3, -0.25) is 9.59 Å². The molecule has 3 fully saturated rings. The maximum absolute atomic E-state index is 12.7. The summed E-state index contributed by atoms with van der Waals surface area (Å²) < 4.78 is 12.0. The predicted molar refractivity (Wildman–Crippen MR) is 123 cm³/mol. The zero-order valence-electron chi connectivity index (χ0n) is 20.6. The zero-order valence-corrected chi connectivity index (χ0v) is 20.6. The highest BCUT2D eigenvalue weighted by molar-refractivity contribution is 5.88. The van der Waals surface area contributed by atoms with Crippen molar-refractivity contribution in [2.45, 2.75) is 79.1 Å². The van der Waals surface area contributed by atoms with E-state index >= 15 is 0 Å². The second-order valence-corrected chi connectivity index (χ2v) is 10.3. The fourth-order valence-electron chi connectivity index (χ4n) is 4.12. The molecule has 1 N–H and O–H groups in total. The molecule has 31 heavy (non-hydrogen) atoms. The molecule has 0 aromatic carbocycles. The number of piperazine rings is 1. The molecule has 0 saturated carbocycles. The number of nitrogens with one attached hydrogen (secondary N) is 1. The van der Waals surface area contributed by atoms with Crippen LogP contribution in [0.15, 0.2) is 0 Å². The van der Waals surface area contributed by atoms with Crippen molar-refractivity contribution in [3.8, 4) is 0 Å². The number of carbonyl (C=O) groups excluding carboxylic acids is 2. The number of likely N-dealkylation sites (tertiary alicyclic amines) is 1. The van der Waals surface area contributed by atoms with Gasteiger partial charge in [-0.15, -0.1) is 0 Å². The summed E-state index contributed by atoms with van der Waals surface area (Å²) in [7, 11) is 0. The van der Waals surface area contributed by atoms with Gasteiger partial charge in [0.05, 0.1) is 25.8 Å². The molecule has 3 saturated heterocycles. The minimum atomic E-state index is -0.504. The van der Waals surface area contributed by atoms with E-state index in [2.05, 4.69) is 46.9 Å². The van der Waals surface area contributed by atoms with Crippen LogP contribution in [0.2, 0.25) is 0 Å². The van der Waals surface area contributed by atoms with E-state index in [0.29, 0.717) is 44.3 Å². The summed E-state index contributed by atoms with van der Waals surface area (Å²) in [5, 5.41) is 3.28. The molecule has 3 aliphatic heterocycles. The predicted octanol–water partition coefficient (Wildman–Crippen LogP) is 2.89. The van der Waals surface area contributed by atoms with Crippen molar-refractivity contribution >= 4 is 11.8 Å². The number of piperidine rings is 1. The number of carbonyl (C=O) groups is 2. The van der Waals surface area contributed by atoms with Crippen molar-refractivity contribution in [1.82, 2.24) is 15.1 Å². The third kappa shape index (κ3) is 8.03. The van der Waals surface area contributed by atoms with Crippen molar-refractivity contribution in [3.05, 3.63) is 0 Å². The molecule has 0 unspecified atom stereocenters. The van der Waals surface area contributed by atoms with Crippen molar-refractivity contribution in [1.29, 1.82) is 0 Å². The highest BCUT2D eigenvalue weighted by Crippen LogP contribution is 2.33. The fraction of sp³-hybridized carbons (Fsp3) is 0.917. The third-order valence-corrected chi connectivity index (χ3v) is 6.03. The first-order valence-electron chi connectivity index (χ1n) is 12.2. The molecule has 7 heteroatoms. The van der Waals surface area contributed by atoms with Crippen molar-refractivity contribution < 1.29 is 19.1 Å². The van der Waals surface area contributed by atoms with Crippen LogP contribution in [0.3, 0.4) is 0 Å². The fourth-order valence-corrected chi connectivity index (χ4v) is 4.12. The first-order chi connectivity index (χ1) is 14.7. The normalized spacial score (nSPS) is 24.5. The van der Waals surface area contributed by atoms with E-state index in [1.165, 1.54) is 0 Å². The lowest BCUT2D eigenvalue weighted by molar-refractivity contribution is -0.297. The Kier molecular flexibility index (Phi) is 10.2. The van der Waals surface area contributed by atoms with Crippen LogP contribution < -0.4 is 5.32 Å². The van der Waals surface area contributed by atoms with Gasteiger partial charge < -0.3 is 24.6 Å². The monoisotopic (exact) mass is 439 g/mol. The number of ether oxygens (including phenoxy) is 2. The van der Waals surface area contributed by atoms with E-state index in [4.69, 9.17) is 9.47 Å². The Morgan fingerprint density at radius 1 is 1.10 bits per heavy atom. The number of nitrogens with zero attached hydrogens (tertiary/aromatic N) is 2. The number of hydrogen-bond donors (Lipinski definition) is 1. The van der Waals surface area contributed by atoms with E-state index in [1.807, 2.05) is 4.90 Å². The molecule has 0 radical (unpaired) electrons. The van der Waals surface area contributed by atoms with Gasteiger partial charge in [-0.05, 0) is 24.7 Å². The van der Waals surface area contributed by atoms with E-state index in [9.17, 15) is 9.59 Å². The molecule has 2 amide bonds. The van der Waals surface area contributed by atoms with E-state index < -0.39 is 5.79 Å².